The van der Waals surface area contributed by atoms with E-state index in [1.54, 1.807) is 4.90 Å². The standard InChI is InChI=1S/C13H18N4O3/c1-9-4-6-16(8-10(9)2)13(18)15-11-3-5-14-7-12(11)17(19)20/h3,5,7,9-10H,4,6,8H2,1-2H3,(H,14,15,18). The summed E-state index contributed by atoms with van der Waals surface area (Å²) in [6.45, 7) is 5.63. The molecule has 1 fully saturated rings. The van der Waals surface area contributed by atoms with Gasteiger partial charge in [-0.25, -0.2) is 4.79 Å². The lowest BCUT2D eigenvalue weighted by atomic mass is 9.89. The summed E-state index contributed by atoms with van der Waals surface area (Å²) < 4.78 is 0. The van der Waals surface area contributed by atoms with Crippen molar-refractivity contribution in [2.24, 2.45) is 11.8 Å². The summed E-state index contributed by atoms with van der Waals surface area (Å²) in [6.07, 6.45) is 3.51. The van der Waals surface area contributed by atoms with Gasteiger partial charge in [-0.15, -0.1) is 0 Å². The number of urea groups is 1. The van der Waals surface area contributed by atoms with Crippen molar-refractivity contribution in [1.29, 1.82) is 0 Å². The minimum Gasteiger partial charge on any atom is -0.324 e. The molecule has 0 bridgehead atoms. The lowest BCUT2D eigenvalue weighted by Gasteiger charge is -2.35. The van der Waals surface area contributed by atoms with E-state index in [9.17, 15) is 14.9 Å². The molecule has 0 aromatic carbocycles. The molecule has 1 aliphatic rings. The third-order valence-electron chi connectivity index (χ3n) is 3.86. The molecule has 7 nitrogen and oxygen atoms in total. The molecule has 1 aromatic heterocycles. The van der Waals surface area contributed by atoms with Crippen molar-refractivity contribution in [2.45, 2.75) is 20.3 Å². The lowest BCUT2D eigenvalue weighted by Crippen LogP contribution is -2.44. The molecular weight excluding hydrogens is 260 g/mol. The second kappa shape index (κ2) is 5.85. The van der Waals surface area contributed by atoms with E-state index in [0.29, 0.717) is 24.9 Å². The largest absolute Gasteiger partial charge is 0.324 e. The monoisotopic (exact) mass is 278 g/mol. The minimum absolute atomic E-state index is 0.182. The first-order valence-electron chi connectivity index (χ1n) is 6.63. The summed E-state index contributed by atoms with van der Waals surface area (Å²) in [7, 11) is 0. The van der Waals surface area contributed by atoms with Crippen LogP contribution in [0.15, 0.2) is 18.5 Å². The molecule has 2 rings (SSSR count). The first-order valence-corrected chi connectivity index (χ1v) is 6.63. The second-order valence-electron chi connectivity index (χ2n) is 5.27. The highest BCUT2D eigenvalue weighted by molar-refractivity contribution is 5.91. The average Bonchev–Trinajstić information content (AvgIpc) is 2.42. The Morgan fingerprint density at radius 3 is 2.90 bits per heavy atom. The van der Waals surface area contributed by atoms with E-state index < -0.39 is 4.92 Å². The molecular formula is C13H18N4O3. The minimum atomic E-state index is -0.552. The van der Waals surface area contributed by atoms with Gasteiger partial charge in [0.25, 0.3) is 0 Å². The lowest BCUT2D eigenvalue weighted by molar-refractivity contribution is -0.384. The Morgan fingerprint density at radius 2 is 2.25 bits per heavy atom. The molecule has 1 N–H and O–H groups in total. The van der Waals surface area contributed by atoms with Crippen molar-refractivity contribution in [3.8, 4) is 0 Å². The zero-order chi connectivity index (χ0) is 14.7. The molecule has 2 heterocycles. The number of amides is 2. The zero-order valence-electron chi connectivity index (χ0n) is 11.6. The molecule has 2 atom stereocenters. The van der Waals surface area contributed by atoms with Gasteiger partial charge in [0.1, 0.15) is 11.9 Å². The Bertz CT molecular complexity index is 520. The van der Waals surface area contributed by atoms with Gasteiger partial charge in [-0.3, -0.25) is 15.1 Å². The summed E-state index contributed by atoms with van der Waals surface area (Å²) >= 11 is 0. The van der Waals surface area contributed by atoms with Gasteiger partial charge in [-0.05, 0) is 24.3 Å². The highest BCUT2D eigenvalue weighted by atomic mass is 16.6. The van der Waals surface area contributed by atoms with E-state index in [-0.39, 0.29) is 17.4 Å². The maximum absolute atomic E-state index is 12.2. The Labute approximate surface area is 117 Å². The van der Waals surface area contributed by atoms with Crippen molar-refractivity contribution in [1.82, 2.24) is 9.88 Å². The fourth-order valence-corrected chi connectivity index (χ4v) is 2.28. The maximum atomic E-state index is 12.2. The number of piperidine rings is 1. The molecule has 0 saturated carbocycles. The number of hydrogen-bond donors (Lipinski definition) is 1. The quantitative estimate of drug-likeness (QED) is 0.665. The molecule has 1 aliphatic heterocycles. The Hall–Kier alpha value is -2.18. The molecule has 0 spiro atoms. The number of carbonyl (C=O) groups is 1. The van der Waals surface area contributed by atoms with E-state index in [4.69, 9.17) is 0 Å². The number of hydrogen-bond acceptors (Lipinski definition) is 4. The van der Waals surface area contributed by atoms with E-state index in [1.807, 2.05) is 0 Å². The summed E-state index contributed by atoms with van der Waals surface area (Å²) in [4.78, 5) is 27.9. The summed E-state index contributed by atoms with van der Waals surface area (Å²) in [5, 5.41) is 13.5. The van der Waals surface area contributed by atoms with Crippen molar-refractivity contribution in [3.63, 3.8) is 0 Å². The van der Waals surface area contributed by atoms with Crippen LogP contribution in [0.25, 0.3) is 0 Å². The Balaban J connectivity index is 2.07. The van der Waals surface area contributed by atoms with E-state index in [1.165, 1.54) is 12.3 Å². The Morgan fingerprint density at radius 1 is 1.50 bits per heavy atom. The number of carbonyl (C=O) groups excluding carboxylic acids is 1. The average molecular weight is 278 g/mol. The number of nitrogens with one attached hydrogen (secondary N) is 1. The topological polar surface area (TPSA) is 88.4 Å². The number of anilines is 1. The van der Waals surface area contributed by atoms with Gasteiger partial charge >= 0.3 is 11.7 Å². The van der Waals surface area contributed by atoms with Gasteiger partial charge in [-0.1, -0.05) is 13.8 Å². The fourth-order valence-electron chi connectivity index (χ4n) is 2.28. The van der Waals surface area contributed by atoms with Crippen LogP contribution in [0, 0.1) is 22.0 Å². The highest BCUT2D eigenvalue weighted by Crippen LogP contribution is 2.25. The predicted octanol–water partition coefficient (Wildman–Crippen LogP) is 2.50. The van der Waals surface area contributed by atoms with Crippen LogP contribution in [0.4, 0.5) is 16.2 Å². The number of nitrogens with zero attached hydrogens (tertiary/aromatic N) is 3. The molecule has 20 heavy (non-hydrogen) atoms. The van der Waals surface area contributed by atoms with Crippen LogP contribution in [-0.2, 0) is 0 Å². The molecule has 7 heteroatoms. The van der Waals surface area contributed by atoms with Gasteiger partial charge in [0, 0.05) is 19.3 Å². The van der Waals surface area contributed by atoms with Gasteiger partial charge in [0.2, 0.25) is 0 Å². The van der Waals surface area contributed by atoms with E-state index in [2.05, 4.69) is 24.1 Å². The van der Waals surface area contributed by atoms with E-state index in [0.717, 1.165) is 12.6 Å². The van der Waals surface area contributed by atoms with Gasteiger partial charge in [0.15, 0.2) is 0 Å². The number of likely N-dealkylation sites (tertiary alicyclic amines) is 1. The molecule has 2 amide bonds. The van der Waals surface area contributed by atoms with Crippen LogP contribution < -0.4 is 5.32 Å². The van der Waals surface area contributed by atoms with Crippen LogP contribution in [-0.4, -0.2) is 33.9 Å². The van der Waals surface area contributed by atoms with Crippen LogP contribution in [0.2, 0.25) is 0 Å². The molecule has 1 aromatic rings. The number of pyridine rings is 1. The summed E-state index contributed by atoms with van der Waals surface area (Å²) in [6, 6.07) is 1.14. The number of nitro groups is 1. The zero-order valence-corrected chi connectivity index (χ0v) is 11.6. The second-order valence-corrected chi connectivity index (χ2v) is 5.27. The molecule has 1 saturated heterocycles. The highest BCUT2D eigenvalue weighted by Gasteiger charge is 2.27. The normalized spacial score (nSPS) is 22.4. The van der Waals surface area contributed by atoms with Gasteiger partial charge < -0.3 is 10.2 Å². The fraction of sp³-hybridized carbons (Fsp3) is 0.538. The molecule has 2 unspecified atom stereocenters. The first-order chi connectivity index (χ1) is 9.49. The van der Waals surface area contributed by atoms with Gasteiger partial charge in [0.05, 0.1) is 4.92 Å². The van der Waals surface area contributed by atoms with Crippen LogP contribution in [0.1, 0.15) is 20.3 Å². The van der Waals surface area contributed by atoms with Crippen molar-refractivity contribution < 1.29 is 9.72 Å². The summed E-state index contributed by atoms with van der Waals surface area (Å²) in [5.74, 6) is 1.02. The van der Waals surface area contributed by atoms with Crippen LogP contribution in [0.3, 0.4) is 0 Å². The molecule has 0 radical (unpaired) electrons. The maximum Gasteiger partial charge on any atom is 0.322 e. The van der Waals surface area contributed by atoms with Gasteiger partial charge in [-0.2, -0.15) is 0 Å². The van der Waals surface area contributed by atoms with Crippen LogP contribution in [0.5, 0.6) is 0 Å². The molecule has 108 valence electrons. The SMILES string of the molecule is CC1CCN(C(=O)Nc2ccncc2[N+](=O)[O-])CC1C. The smallest absolute Gasteiger partial charge is 0.322 e. The third kappa shape index (κ3) is 3.04. The molecule has 0 aliphatic carbocycles. The number of rotatable bonds is 2. The summed E-state index contributed by atoms with van der Waals surface area (Å²) in [5.41, 5.74) is -0.0134. The van der Waals surface area contributed by atoms with E-state index >= 15 is 0 Å². The predicted molar refractivity (Wildman–Crippen MR) is 74.4 cm³/mol. The van der Waals surface area contributed by atoms with Crippen molar-refractivity contribution in [3.05, 3.63) is 28.6 Å². The Kier molecular flexibility index (Phi) is 4.16. The third-order valence-corrected chi connectivity index (χ3v) is 3.86. The van der Waals surface area contributed by atoms with Crippen molar-refractivity contribution >= 4 is 17.4 Å². The first kappa shape index (κ1) is 14.2. The van der Waals surface area contributed by atoms with Crippen molar-refractivity contribution in [2.75, 3.05) is 18.4 Å². The number of aromatic nitrogens is 1. The van der Waals surface area contributed by atoms with Crippen LogP contribution >= 0.6 is 0 Å².